The summed E-state index contributed by atoms with van der Waals surface area (Å²) in [5.74, 6) is 0.504. The summed E-state index contributed by atoms with van der Waals surface area (Å²) in [5, 5.41) is 0. The van der Waals surface area contributed by atoms with Crippen molar-refractivity contribution in [1.82, 2.24) is 19.5 Å². The van der Waals surface area contributed by atoms with Crippen LogP contribution in [-0.2, 0) is 6.54 Å². The highest BCUT2D eigenvalue weighted by molar-refractivity contribution is 7.71. The van der Waals surface area contributed by atoms with Gasteiger partial charge in [0.2, 0.25) is 5.88 Å². The van der Waals surface area contributed by atoms with Crippen molar-refractivity contribution in [3.05, 3.63) is 46.5 Å². The second kappa shape index (κ2) is 5.05. The van der Waals surface area contributed by atoms with Gasteiger partial charge in [-0.3, -0.25) is 4.57 Å². The molecule has 0 spiro atoms. The predicted molar refractivity (Wildman–Crippen MR) is 79.5 cm³/mol. The number of benzene rings is 1. The van der Waals surface area contributed by atoms with E-state index in [1.54, 1.807) is 7.11 Å². The Morgan fingerprint density at radius 2 is 2.10 bits per heavy atom. The SMILES string of the molecule is COc1ncnc2c1[nH]c(=S)n2Cc1ccccc1C. The Bertz CT molecular complexity index is 821. The number of aryl methyl sites for hydroxylation is 1. The average Bonchev–Trinajstić information content (AvgIpc) is 2.77. The summed E-state index contributed by atoms with van der Waals surface area (Å²) in [6.07, 6.45) is 1.48. The van der Waals surface area contributed by atoms with Gasteiger partial charge in [0, 0.05) is 0 Å². The highest BCUT2D eigenvalue weighted by Crippen LogP contribution is 2.21. The van der Waals surface area contributed by atoms with Crippen molar-refractivity contribution in [3.8, 4) is 5.88 Å². The molecule has 3 aromatic rings. The Labute approximate surface area is 121 Å². The van der Waals surface area contributed by atoms with Crippen LogP contribution in [0.15, 0.2) is 30.6 Å². The number of aromatic nitrogens is 4. The smallest absolute Gasteiger partial charge is 0.242 e. The number of methoxy groups -OCH3 is 1. The molecule has 3 rings (SSSR count). The van der Waals surface area contributed by atoms with Crippen LogP contribution in [0.25, 0.3) is 11.2 Å². The Balaban J connectivity index is 2.15. The quantitative estimate of drug-likeness (QED) is 0.752. The van der Waals surface area contributed by atoms with Crippen molar-refractivity contribution < 1.29 is 4.74 Å². The summed E-state index contributed by atoms with van der Waals surface area (Å²) in [4.78, 5) is 11.5. The number of hydrogen-bond donors (Lipinski definition) is 1. The Morgan fingerprint density at radius 1 is 1.30 bits per heavy atom. The number of aromatic amines is 1. The van der Waals surface area contributed by atoms with Gasteiger partial charge in [0.05, 0.1) is 13.7 Å². The summed E-state index contributed by atoms with van der Waals surface area (Å²) in [7, 11) is 1.58. The molecule has 0 saturated heterocycles. The zero-order valence-corrected chi connectivity index (χ0v) is 12.1. The number of nitrogens with one attached hydrogen (secondary N) is 1. The first-order chi connectivity index (χ1) is 9.70. The number of rotatable bonds is 3. The fourth-order valence-corrected chi connectivity index (χ4v) is 2.46. The van der Waals surface area contributed by atoms with Gasteiger partial charge < -0.3 is 9.72 Å². The second-order valence-corrected chi connectivity index (χ2v) is 4.91. The summed E-state index contributed by atoms with van der Waals surface area (Å²) < 4.78 is 7.80. The molecule has 0 fully saturated rings. The van der Waals surface area contributed by atoms with E-state index in [9.17, 15) is 0 Å². The first-order valence-electron chi connectivity index (χ1n) is 6.22. The fourth-order valence-electron chi connectivity index (χ4n) is 2.20. The number of H-pyrrole nitrogens is 1. The Kier molecular flexibility index (Phi) is 3.23. The van der Waals surface area contributed by atoms with E-state index in [-0.39, 0.29) is 0 Å². The third kappa shape index (κ3) is 2.08. The van der Waals surface area contributed by atoms with Crippen LogP contribution in [0.4, 0.5) is 0 Å². The van der Waals surface area contributed by atoms with Gasteiger partial charge in [0.1, 0.15) is 11.8 Å². The minimum atomic E-state index is 0.504. The molecule has 0 bridgehead atoms. The zero-order chi connectivity index (χ0) is 14.1. The molecule has 0 unspecified atom stereocenters. The third-order valence-electron chi connectivity index (χ3n) is 3.31. The van der Waals surface area contributed by atoms with Gasteiger partial charge >= 0.3 is 0 Å². The van der Waals surface area contributed by atoms with Crippen LogP contribution in [0, 0.1) is 11.7 Å². The van der Waals surface area contributed by atoms with E-state index in [2.05, 4.69) is 34.0 Å². The van der Waals surface area contributed by atoms with Gasteiger partial charge in [-0.1, -0.05) is 24.3 Å². The first kappa shape index (κ1) is 12.8. The maximum atomic E-state index is 5.39. The van der Waals surface area contributed by atoms with E-state index < -0.39 is 0 Å². The fraction of sp³-hybridized carbons (Fsp3) is 0.214. The molecule has 0 amide bonds. The molecule has 2 aromatic heterocycles. The van der Waals surface area contributed by atoms with E-state index >= 15 is 0 Å². The lowest BCUT2D eigenvalue weighted by atomic mass is 10.1. The third-order valence-corrected chi connectivity index (χ3v) is 3.63. The Hall–Kier alpha value is -2.21. The molecule has 0 radical (unpaired) electrons. The Morgan fingerprint density at radius 3 is 2.85 bits per heavy atom. The molecule has 0 aliphatic carbocycles. The molecule has 0 atom stereocenters. The van der Waals surface area contributed by atoms with Crippen LogP contribution in [0.2, 0.25) is 0 Å². The minimum absolute atomic E-state index is 0.504. The van der Waals surface area contributed by atoms with Crippen LogP contribution >= 0.6 is 12.2 Å². The van der Waals surface area contributed by atoms with Gasteiger partial charge in [0.25, 0.3) is 0 Å². The van der Waals surface area contributed by atoms with Crippen LogP contribution in [-0.4, -0.2) is 26.6 Å². The first-order valence-corrected chi connectivity index (χ1v) is 6.63. The number of fused-ring (bicyclic) bond motifs is 1. The van der Waals surface area contributed by atoms with Crippen molar-refractivity contribution in [2.45, 2.75) is 13.5 Å². The van der Waals surface area contributed by atoms with Gasteiger partial charge in [-0.05, 0) is 30.3 Å². The zero-order valence-electron chi connectivity index (χ0n) is 11.3. The lowest BCUT2D eigenvalue weighted by Crippen LogP contribution is -2.02. The number of nitrogens with zero attached hydrogens (tertiary/aromatic N) is 3. The number of hydrogen-bond acceptors (Lipinski definition) is 4. The van der Waals surface area contributed by atoms with Crippen molar-refractivity contribution in [2.75, 3.05) is 7.11 Å². The maximum absolute atomic E-state index is 5.39. The molecule has 0 aliphatic rings. The molecule has 6 heteroatoms. The van der Waals surface area contributed by atoms with Crippen molar-refractivity contribution >= 4 is 23.4 Å². The van der Waals surface area contributed by atoms with E-state index in [4.69, 9.17) is 17.0 Å². The highest BCUT2D eigenvalue weighted by atomic mass is 32.1. The molecule has 2 heterocycles. The van der Waals surface area contributed by atoms with Gasteiger partial charge in [0.15, 0.2) is 10.4 Å². The van der Waals surface area contributed by atoms with E-state index in [1.807, 2.05) is 16.7 Å². The summed E-state index contributed by atoms with van der Waals surface area (Å²) in [6.45, 7) is 2.76. The molecule has 102 valence electrons. The highest BCUT2D eigenvalue weighted by Gasteiger charge is 2.12. The maximum Gasteiger partial charge on any atom is 0.242 e. The van der Waals surface area contributed by atoms with Crippen molar-refractivity contribution in [3.63, 3.8) is 0 Å². The topological polar surface area (TPSA) is 55.7 Å². The summed E-state index contributed by atoms with van der Waals surface area (Å²) in [5.41, 5.74) is 3.92. The number of imidazole rings is 1. The monoisotopic (exact) mass is 286 g/mol. The average molecular weight is 286 g/mol. The van der Waals surface area contributed by atoms with E-state index in [1.165, 1.54) is 17.5 Å². The standard InChI is InChI=1S/C14H14N4OS/c1-9-5-3-4-6-10(9)7-18-12-11(17-14(18)20)13(19-2)16-8-15-12/h3-6,8H,7H2,1-2H3,(H,17,20). The van der Waals surface area contributed by atoms with Crippen molar-refractivity contribution in [2.24, 2.45) is 0 Å². The van der Waals surface area contributed by atoms with Crippen LogP contribution in [0.3, 0.4) is 0 Å². The molecule has 0 aliphatic heterocycles. The summed E-state index contributed by atoms with van der Waals surface area (Å²) >= 11 is 5.39. The largest absolute Gasteiger partial charge is 0.479 e. The van der Waals surface area contributed by atoms with Crippen molar-refractivity contribution in [1.29, 1.82) is 0 Å². The van der Waals surface area contributed by atoms with Crippen LogP contribution in [0.1, 0.15) is 11.1 Å². The molecular formula is C14H14N4OS. The lowest BCUT2D eigenvalue weighted by molar-refractivity contribution is 0.401. The molecule has 0 saturated carbocycles. The van der Waals surface area contributed by atoms with E-state index in [0.29, 0.717) is 17.2 Å². The molecular weight excluding hydrogens is 272 g/mol. The van der Waals surface area contributed by atoms with E-state index in [0.717, 1.165) is 11.2 Å². The minimum Gasteiger partial charge on any atom is -0.479 e. The predicted octanol–water partition coefficient (Wildman–Crippen LogP) is 2.85. The molecule has 20 heavy (non-hydrogen) atoms. The molecule has 1 N–H and O–H groups in total. The summed E-state index contributed by atoms with van der Waals surface area (Å²) in [6, 6.07) is 8.23. The second-order valence-electron chi connectivity index (χ2n) is 4.52. The lowest BCUT2D eigenvalue weighted by Gasteiger charge is -2.07. The van der Waals surface area contributed by atoms with Gasteiger partial charge in [-0.2, -0.15) is 4.98 Å². The van der Waals surface area contributed by atoms with Gasteiger partial charge in [-0.25, -0.2) is 4.98 Å². The molecule has 1 aromatic carbocycles. The van der Waals surface area contributed by atoms with Crippen LogP contribution in [0.5, 0.6) is 5.88 Å². The molecule has 5 nitrogen and oxygen atoms in total. The number of ether oxygens (including phenoxy) is 1. The normalized spacial score (nSPS) is 10.9. The van der Waals surface area contributed by atoms with Crippen LogP contribution < -0.4 is 4.74 Å². The van der Waals surface area contributed by atoms with Gasteiger partial charge in [-0.15, -0.1) is 0 Å².